The van der Waals surface area contributed by atoms with Gasteiger partial charge in [-0.3, -0.25) is 9.59 Å². The fourth-order valence-corrected chi connectivity index (χ4v) is 3.64. The van der Waals surface area contributed by atoms with Crippen molar-refractivity contribution in [1.82, 2.24) is 5.32 Å². The maximum absolute atomic E-state index is 13.0. The third-order valence-electron chi connectivity index (χ3n) is 5.07. The highest BCUT2D eigenvalue weighted by molar-refractivity contribution is 6.12. The van der Waals surface area contributed by atoms with Gasteiger partial charge in [0.1, 0.15) is 5.60 Å². The van der Waals surface area contributed by atoms with Crippen molar-refractivity contribution in [1.29, 1.82) is 0 Å². The van der Waals surface area contributed by atoms with Crippen LogP contribution >= 0.6 is 0 Å². The number of nitrogens with one attached hydrogen (secondary N) is 1. The van der Waals surface area contributed by atoms with Crippen LogP contribution in [0.1, 0.15) is 39.5 Å². The van der Waals surface area contributed by atoms with Gasteiger partial charge in [0.2, 0.25) is 5.91 Å². The number of rotatable bonds is 5. The van der Waals surface area contributed by atoms with E-state index in [1.54, 1.807) is 6.92 Å². The largest absolute Gasteiger partial charge is 0.374 e. The molecule has 0 aromatic rings. The van der Waals surface area contributed by atoms with Gasteiger partial charge in [-0.05, 0) is 32.6 Å². The first-order valence-corrected chi connectivity index (χ1v) is 7.51. The second kappa shape index (κ2) is 5.72. The van der Waals surface area contributed by atoms with Crippen LogP contribution in [0.15, 0.2) is 12.2 Å². The number of aldehydes is 1. The minimum absolute atomic E-state index is 0.262. The molecule has 21 heavy (non-hydrogen) atoms. The molecule has 5 nitrogen and oxygen atoms in total. The van der Waals surface area contributed by atoms with Crippen LogP contribution in [0.25, 0.3) is 0 Å². The minimum atomic E-state index is -1.59. The molecule has 1 amide bonds. The van der Waals surface area contributed by atoms with Crippen molar-refractivity contribution in [3.63, 3.8) is 0 Å². The topological polar surface area (TPSA) is 72.5 Å². The predicted octanol–water partition coefficient (Wildman–Crippen LogP) is 1.41. The van der Waals surface area contributed by atoms with E-state index in [9.17, 15) is 14.4 Å². The molecule has 0 radical (unpaired) electrons. The molecule has 0 spiro atoms. The predicted molar refractivity (Wildman–Crippen MR) is 77.6 cm³/mol. The molecule has 1 saturated heterocycles. The van der Waals surface area contributed by atoms with E-state index in [-0.39, 0.29) is 17.6 Å². The van der Waals surface area contributed by atoms with Crippen molar-refractivity contribution in [2.24, 2.45) is 11.8 Å². The normalized spacial score (nSPS) is 39.1. The molecule has 2 rings (SSSR count). The van der Waals surface area contributed by atoms with Crippen LogP contribution in [-0.2, 0) is 19.1 Å². The molecule has 0 aromatic heterocycles. The van der Waals surface area contributed by atoms with Gasteiger partial charge < -0.3 is 14.8 Å². The number of hydrogen-bond donors (Lipinski definition) is 1. The van der Waals surface area contributed by atoms with Gasteiger partial charge in [0.15, 0.2) is 17.6 Å². The molecule has 1 heterocycles. The summed E-state index contributed by atoms with van der Waals surface area (Å²) in [5.41, 5.74) is -2.74. The summed E-state index contributed by atoms with van der Waals surface area (Å²) in [6, 6.07) is 0. The van der Waals surface area contributed by atoms with E-state index in [1.807, 2.05) is 19.1 Å². The van der Waals surface area contributed by atoms with Crippen LogP contribution in [0.3, 0.4) is 0 Å². The average Bonchev–Trinajstić information content (AvgIpc) is 2.75. The standard InChI is InChI=1S/C16H23NO4/c1-4-12-14(20)17-16(10-18,15(12,2)21-3)13(19)11-8-6-5-7-9-11/h6,8,10-12H,4-5,7,9H2,1-3H3,(H,17,20). The summed E-state index contributed by atoms with van der Waals surface area (Å²) < 4.78 is 5.53. The van der Waals surface area contributed by atoms with Gasteiger partial charge >= 0.3 is 0 Å². The van der Waals surface area contributed by atoms with Crippen molar-refractivity contribution < 1.29 is 19.1 Å². The van der Waals surface area contributed by atoms with Gasteiger partial charge in [-0.15, -0.1) is 0 Å². The van der Waals surface area contributed by atoms with Crippen molar-refractivity contribution in [3.05, 3.63) is 12.2 Å². The van der Waals surface area contributed by atoms with Gasteiger partial charge in [0.05, 0.1) is 5.92 Å². The molecule has 1 aliphatic carbocycles. The van der Waals surface area contributed by atoms with Gasteiger partial charge in [-0.2, -0.15) is 0 Å². The molecule has 1 fully saturated rings. The van der Waals surface area contributed by atoms with E-state index in [2.05, 4.69) is 5.32 Å². The Bertz CT molecular complexity index is 487. The molecule has 1 N–H and O–H groups in total. The van der Waals surface area contributed by atoms with E-state index in [4.69, 9.17) is 4.74 Å². The Balaban J connectivity index is 2.46. The molecular formula is C16H23NO4. The fourth-order valence-electron chi connectivity index (χ4n) is 3.64. The van der Waals surface area contributed by atoms with Crippen LogP contribution in [-0.4, -0.2) is 36.2 Å². The second-order valence-electron chi connectivity index (χ2n) is 6.02. The number of hydrogen-bond acceptors (Lipinski definition) is 4. The van der Waals surface area contributed by atoms with Gasteiger partial charge in [0.25, 0.3) is 0 Å². The van der Waals surface area contributed by atoms with Crippen LogP contribution in [0.5, 0.6) is 0 Å². The number of Topliss-reactive ketones (excluding diaryl/α,β-unsaturated/α-hetero) is 1. The van der Waals surface area contributed by atoms with Gasteiger partial charge in [-0.1, -0.05) is 19.1 Å². The zero-order valence-electron chi connectivity index (χ0n) is 12.8. The lowest BCUT2D eigenvalue weighted by Gasteiger charge is -2.40. The third kappa shape index (κ3) is 2.14. The number of carbonyl (C=O) groups excluding carboxylic acids is 3. The lowest BCUT2D eigenvalue weighted by atomic mass is 9.70. The molecule has 0 saturated carbocycles. The number of amides is 1. The highest BCUT2D eigenvalue weighted by Crippen LogP contribution is 2.42. The Kier molecular flexibility index (Phi) is 4.33. The monoisotopic (exact) mass is 293 g/mol. The quantitative estimate of drug-likeness (QED) is 0.472. The lowest BCUT2D eigenvalue weighted by Crippen LogP contribution is -2.65. The SMILES string of the molecule is CCC1C(=O)NC(C=O)(C(=O)C2C=CCCC2)C1(C)OC. The summed E-state index contributed by atoms with van der Waals surface area (Å²) in [6.07, 6.45) is 7.45. The Labute approximate surface area is 125 Å². The van der Waals surface area contributed by atoms with Crippen LogP contribution in [0, 0.1) is 11.8 Å². The lowest BCUT2D eigenvalue weighted by molar-refractivity contribution is -0.148. The van der Waals surface area contributed by atoms with Crippen LogP contribution in [0.2, 0.25) is 0 Å². The van der Waals surface area contributed by atoms with Gasteiger partial charge in [-0.25, -0.2) is 0 Å². The van der Waals surface area contributed by atoms with Gasteiger partial charge in [0, 0.05) is 13.0 Å². The number of methoxy groups -OCH3 is 1. The number of allylic oxidation sites excluding steroid dienone is 2. The minimum Gasteiger partial charge on any atom is -0.374 e. The van der Waals surface area contributed by atoms with Crippen LogP contribution in [0.4, 0.5) is 0 Å². The highest BCUT2D eigenvalue weighted by atomic mass is 16.5. The smallest absolute Gasteiger partial charge is 0.227 e. The van der Waals surface area contributed by atoms with E-state index in [0.717, 1.165) is 12.8 Å². The molecular weight excluding hydrogens is 270 g/mol. The number of ether oxygens (including phenoxy) is 1. The molecule has 2 aliphatic rings. The molecule has 4 atom stereocenters. The van der Waals surface area contributed by atoms with Crippen LogP contribution < -0.4 is 5.32 Å². The highest BCUT2D eigenvalue weighted by Gasteiger charge is 2.66. The van der Waals surface area contributed by atoms with E-state index < -0.39 is 17.1 Å². The molecule has 1 aliphatic heterocycles. The zero-order valence-corrected chi connectivity index (χ0v) is 12.8. The Morgan fingerprint density at radius 1 is 1.57 bits per heavy atom. The first-order valence-electron chi connectivity index (χ1n) is 7.51. The second-order valence-corrected chi connectivity index (χ2v) is 6.02. The molecule has 4 unspecified atom stereocenters. The molecule has 0 aromatic carbocycles. The summed E-state index contributed by atoms with van der Waals surface area (Å²) in [6.45, 7) is 3.53. The van der Waals surface area contributed by atoms with Crippen molar-refractivity contribution >= 4 is 18.0 Å². The molecule has 0 bridgehead atoms. The molecule has 5 heteroatoms. The summed E-state index contributed by atoms with van der Waals surface area (Å²) in [5, 5.41) is 2.64. The van der Waals surface area contributed by atoms with E-state index in [1.165, 1.54) is 7.11 Å². The first kappa shape index (κ1) is 15.9. The summed E-state index contributed by atoms with van der Waals surface area (Å²) >= 11 is 0. The first-order chi connectivity index (χ1) is 9.96. The van der Waals surface area contributed by atoms with E-state index >= 15 is 0 Å². The fraction of sp³-hybridized carbons (Fsp3) is 0.688. The summed E-state index contributed by atoms with van der Waals surface area (Å²) in [5.74, 6) is -1.40. The zero-order chi connectivity index (χ0) is 15.7. The van der Waals surface area contributed by atoms with Crippen molar-refractivity contribution in [2.75, 3.05) is 7.11 Å². The average molecular weight is 293 g/mol. The number of carbonyl (C=O) groups is 3. The van der Waals surface area contributed by atoms with E-state index in [0.29, 0.717) is 19.1 Å². The maximum Gasteiger partial charge on any atom is 0.227 e. The maximum atomic E-state index is 13.0. The Hall–Kier alpha value is -1.49. The summed E-state index contributed by atoms with van der Waals surface area (Å²) in [7, 11) is 1.45. The number of ketones is 1. The Morgan fingerprint density at radius 3 is 2.76 bits per heavy atom. The molecule has 116 valence electrons. The van der Waals surface area contributed by atoms with Crippen molar-refractivity contribution in [3.8, 4) is 0 Å². The summed E-state index contributed by atoms with van der Waals surface area (Å²) in [4.78, 5) is 37.0. The third-order valence-corrected chi connectivity index (χ3v) is 5.07. The van der Waals surface area contributed by atoms with Crippen molar-refractivity contribution in [2.45, 2.75) is 50.7 Å². The Morgan fingerprint density at radius 2 is 2.29 bits per heavy atom.